The molecule has 2 rings (SSSR count). The molecule has 17 heavy (non-hydrogen) atoms. The van der Waals surface area contributed by atoms with Crippen molar-refractivity contribution in [1.82, 2.24) is 15.1 Å². The van der Waals surface area contributed by atoms with E-state index in [1.807, 2.05) is 43.5 Å². The molecule has 0 saturated heterocycles. The Morgan fingerprint density at radius 2 is 2.12 bits per heavy atom. The van der Waals surface area contributed by atoms with E-state index in [2.05, 4.69) is 10.4 Å². The van der Waals surface area contributed by atoms with Gasteiger partial charge in [0.2, 0.25) is 0 Å². The average Bonchev–Trinajstić information content (AvgIpc) is 2.86. The third-order valence-electron chi connectivity index (χ3n) is 2.60. The minimum absolute atomic E-state index is 0.507. The van der Waals surface area contributed by atoms with Crippen LogP contribution in [0, 0.1) is 0 Å². The lowest BCUT2D eigenvalue weighted by atomic mass is 10.2. The molecule has 0 radical (unpaired) electrons. The van der Waals surface area contributed by atoms with E-state index >= 15 is 0 Å². The summed E-state index contributed by atoms with van der Waals surface area (Å²) in [5.41, 5.74) is 1.82. The number of benzene rings is 1. The number of hydrogen-bond acceptors (Lipinski definition) is 3. The molecule has 0 amide bonds. The van der Waals surface area contributed by atoms with E-state index in [0.29, 0.717) is 6.54 Å². The Hall–Kier alpha value is -1.65. The summed E-state index contributed by atoms with van der Waals surface area (Å²) in [5, 5.41) is 17.2. The van der Waals surface area contributed by atoms with Crippen molar-refractivity contribution in [3.63, 3.8) is 0 Å². The van der Waals surface area contributed by atoms with Gasteiger partial charge in [-0.25, -0.2) is 4.68 Å². The highest BCUT2D eigenvalue weighted by Gasteiger charge is 2.09. The zero-order chi connectivity index (χ0) is 12.1. The van der Waals surface area contributed by atoms with E-state index in [-0.39, 0.29) is 0 Å². The van der Waals surface area contributed by atoms with Gasteiger partial charge in [-0.05, 0) is 18.7 Å². The fourth-order valence-electron chi connectivity index (χ4n) is 1.63. The Balaban J connectivity index is 2.11. The van der Waals surface area contributed by atoms with Gasteiger partial charge in [0.05, 0.1) is 18.0 Å². The van der Waals surface area contributed by atoms with Crippen molar-refractivity contribution in [3.05, 3.63) is 48.3 Å². The average molecular weight is 231 g/mol. The number of aromatic nitrogens is 2. The van der Waals surface area contributed by atoms with Crippen molar-refractivity contribution >= 4 is 0 Å². The second-order valence-electron chi connectivity index (χ2n) is 3.88. The zero-order valence-electron chi connectivity index (χ0n) is 9.87. The van der Waals surface area contributed by atoms with Crippen LogP contribution in [0.4, 0.5) is 0 Å². The third-order valence-corrected chi connectivity index (χ3v) is 2.60. The smallest absolute Gasteiger partial charge is 0.0944 e. The maximum absolute atomic E-state index is 9.90. The molecule has 4 nitrogen and oxygen atoms in total. The molecule has 0 aliphatic heterocycles. The number of likely N-dealkylation sites (N-methyl/N-ethyl adjacent to an activating group) is 1. The van der Waals surface area contributed by atoms with E-state index in [0.717, 1.165) is 17.8 Å². The van der Waals surface area contributed by atoms with Crippen molar-refractivity contribution in [3.8, 4) is 5.69 Å². The summed E-state index contributed by atoms with van der Waals surface area (Å²) in [6.07, 6.45) is 3.05. The summed E-state index contributed by atoms with van der Waals surface area (Å²) in [5.74, 6) is 0. The highest BCUT2D eigenvalue weighted by atomic mass is 16.3. The highest BCUT2D eigenvalue weighted by molar-refractivity contribution is 5.31. The van der Waals surface area contributed by atoms with Crippen LogP contribution in [-0.2, 0) is 0 Å². The molecular weight excluding hydrogens is 214 g/mol. The van der Waals surface area contributed by atoms with Crippen LogP contribution < -0.4 is 5.32 Å². The first-order valence-corrected chi connectivity index (χ1v) is 5.80. The molecule has 1 unspecified atom stereocenters. The molecular formula is C13H17N3O. The fraction of sp³-hybridized carbons (Fsp3) is 0.308. The lowest BCUT2D eigenvalue weighted by Gasteiger charge is -2.07. The van der Waals surface area contributed by atoms with Crippen molar-refractivity contribution in [1.29, 1.82) is 0 Å². The molecule has 0 fully saturated rings. The van der Waals surface area contributed by atoms with Gasteiger partial charge in [-0.15, -0.1) is 0 Å². The Bertz CT molecular complexity index is 453. The molecule has 0 aliphatic carbocycles. The molecule has 90 valence electrons. The second kappa shape index (κ2) is 5.61. The molecule has 4 heteroatoms. The molecule has 1 aromatic carbocycles. The van der Waals surface area contributed by atoms with Gasteiger partial charge in [0.25, 0.3) is 0 Å². The third kappa shape index (κ3) is 2.93. The van der Waals surface area contributed by atoms with Gasteiger partial charge in [0.15, 0.2) is 0 Å². The number of rotatable bonds is 5. The molecule has 2 aromatic rings. The van der Waals surface area contributed by atoms with E-state index in [9.17, 15) is 5.11 Å². The molecule has 0 bridgehead atoms. The van der Waals surface area contributed by atoms with Gasteiger partial charge in [0, 0.05) is 18.3 Å². The lowest BCUT2D eigenvalue weighted by molar-refractivity contribution is 0.175. The monoisotopic (exact) mass is 231 g/mol. The maximum atomic E-state index is 9.90. The second-order valence-corrected chi connectivity index (χ2v) is 3.88. The van der Waals surface area contributed by atoms with Gasteiger partial charge in [-0.1, -0.05) is 25.1 Å². The quantitative estimate of drug-likeness (QED) is 0.820. The van der Waals surface area contributed by atoms with Crippen LogP contribution in [0.25, 0.3) is 5.69 Å². The van der Waals surface area contributed by atoms with Crippen molar-refractivity contribution in [2.45, 2.75) is 13.0 Å². The van der Waals surface area contributed by atoms with Crippen LogP contribution >= 0.6 is 0 Å². The first kappa shape index (κ1) is 11.8. The Morgan fingerprint density at radius 1 is 1.35 bits per heavy atom. The number of nitrogens with zero attached hydrogens (tertiary/aromatic N) is 2. The standard InChI is InChI=1S/C13H17N3O/c1-2-14-9-13(17)11-8-15-16(10-11)12-6-4-3-5-7-12/h3-8,10,13-14,17H,2,9H2,1H3. The zero-order valence-corrected chi connectivity index (χ0v) is 9.87. The summed E-state index contributed by atoms with van der Waals surface area (Å²) in [6.45, 7) is 3.42. The minimum Gasteiger partial charge on any atom is -0.387 e. The van der Waals surface area contributed by atoms with Gasteiger partial charge in [-0.2, -0.15) is 5.10 Å². The van der Waals surface area contributed by atoms with Crippen LogP contribution in [0.1, 0.15) is 18.6 Å². The predicted octanol–water partition coefficient (Wildman–Crippen LogP) is 1.52. The first-order chi connectivity index (χ1) is 8.31. The lowest BCUT2D eigenvalue weighted by Crippen LogP contribution is -2.20. The van der Waals surface area contributed by atoms with Crippen molar-refractivity contribution < 1.29 is 5.11 Å². The van der Waals surface area contributed by atoms with Crippen LogP contribution in [0.5, 0.6) is 0 Å². The van der Waals surface area contributed by atoms with Gasteiger partial charge >= 0.3 is 0 Å². The Labute approximate surface area is 101 Å². The maximum Gasteiger partial charge on any atom is 0.0944 e. The van der Waals surface area contributed by atoms with Crippen LogP contribution in [0.3, 0.4) is 0 Å². The summed E-state index contributed by atoms with van der Waals surface area (Å²) in [4.78, 5) is 0. The number of hydrogen-bond donors (Lipinski definition) is 2. The van der Waals surface area contributed by atoms with E-state index in [4.69, 9.17) is 0 Å². The van der Waals surface area contributed by atoms with Crippen LogP contribution in [0.15, 0.2) is 42.7 Å². The van der Waals surface area contributed by atoms with E-state index in [1.165, 1.54) is 0 Å². The van der Waals surface area contributed by atoms with Crippen LogP contribution in [0.2, 0.25) is 0 Å². The summed E-state index contributed by atoms with van der Waals surface area (Å²) in [6, 6.07) is 9.85. The Morgan fingerprint density at radius 3 is 2.82 bits per heavy atom. The molecule has 2 N–H and O–H groups in total. The van der Waals surface area contributed by atoms with Crippen molar-refractivity contribution in [2.75, 3.05) is 13.1 Å². The molecule has 1 atom stereocenters. The van der Waals surface area contributed by atoms with Crippen LogP contribution in [-0.4, -0.2) is 28.0 Å². The number of aliphatic hydroxyl groups excluding tert-OH is 1. The first-order valence-electron chi connectivity index (χ1n) is 5.80. The van der Waals surface area contributed by atoms with Gasteiger partial charge in [-0.3, -0.25) is 0 Å². The molecule has 0 saturated carbocycles. The fourth-order valence-corrected chi connectivity index (χ4v) is 1.63. The number of para-hydroxylation sites is 1. The summed E-state index contributed by atoms with van der Waals surface area (Å²) >= 11 is 0. The topological polar surface area (TPSA) is 50.1 Å². The van der Waals surface area contributed by atoms with Gasteiger partial charge in [0.1, 0.15) is 0 Å². The highest BCUT2D eigenvalue weighted by Crippen LogP contribution is 2.13. The Kier molecular flexibility index (Phi) is 3.90. The minimum atomic E-state index is -0.507. The predicted molar refractivity (Wildman–Crippen MR) is 67.1 cm³/mol. The number of aliphatic hydroxyl groups is 1. The molecule has 1 heterocycles. The summed E-state index contributed by atoms with van der Waals surface area (Å²) < 4.78 is 1.77. The van der Waals surface area contributed by atoms with Crippen molar-refractivity contribution in [2.24, 2.45) is 0 Å². The van der Waals surface area contributed by atoms with Gasteiger partial charge < -0.3 is 10.4 Å². The molecule has 0 aliphatic rings. The number of nitrogens with one attached hydrogen (secondary N) is 1. The molecule has 1 aromatic heterocycles. The van der Waals surface area contributed by atoms with E-state index < -0.39 is 6.10 Å². The normalized spacial score (nSPS) is 12.6. The summed E-state index contributed by atoms with van der Waals surface area (Å²) in [7, 11) is 0. The SMILES string of the molecule is CCNCC(O)c1cnn(-c2ccccc2)c1. The largest absolute Gasteiger partial charge is 0.387 e. The molecule has 0 spiro atoms. The van der Waals surface area contributed by atoms with E-state index in [1.54, 1.807) is 10.9 Å².